The minimum atomic E-state index is -0.959. The van der Waals surface area contributed by atoms with Gasteiger partial charge in [0.2, 0.25) is 0 Å². The fraction of sp³-hybridized carbons (Fsp3) is 0.462. The predicted octanol–water partition coefficient (Wildman–Crippen LogP) is 1.94. The first kappa shape index (κ1) is 14.5. The van der Waals surface area contributed by atoms with Gasteiger partial charge in [-0.25, -0.2) is 4.79 Å². The molecule has 0 bridgehead atoms. The van der Waals surface area contributed by atoms with E-state index in [1.165, 1.54) is 12.1 Å². The number of benzene rings is 1. The highest BCUT2D eigenvalue weighted by atomic mass is 16.6. The molecule has 2 N–H and O–H groups in total. The molecule has 1 aromatic carbocycles. The SMILES string of the molecule is CC(C)CONCCOc1cccc(C(=O)O)c1. The molecule has 0 aliphatic carbocycles. The minimum absolute atomic E-state index is 0.219. The number of ether oxygens (including phenoxy) is 1. The highest BCUT2D eigenvalue weighted by molar-refractivity contribution is 5.87. The summed E-state index contributed by atoms with van der Waals surface area (Å²) in [6.45, 7) is 5.74. The summed E-state index contributed by atoms with van der Waals surface area (Å²) in [6, 6.07) is 6.40. The largest absolute Gasteiger partial charge is 0.492 e. The molecule has 0 heterocycles. The van der Waals surface area contributed by atoms with Gasteiger partial charge in [0, 0.05) is 0 Å². The average molecular weight is 253 g/mol. The van der Waals surface area contributed by atoms with Crippen molar-refractivity contribution in [3.8, 4) is 5.75 Å². The summed E-state index contributed by atoms with van der Waals surface area (Å²) in [4.78, 5) is 15.9. The molecule has 18 heavy (non-hydrogen) atoms. The van der Waals surface area contributed by atoms with Crippen LogP contribution in [0.4, 0.5) is 0 Å². The predicted molar refractivity (Wildman–Crippen MR) is 67.7 cm³/mol. The summed E-state index contributed by atoms with van der Waals surface area (Å²) in [5, 5.41) is 8.81. The number of hydrogen-bond acceptors (Lipinski definition) is 4. The van der Waals surface area contributed by atoms with Gasteiger partial charge in [0.25, 0.3) is 0 Å². The first-order valence-electron chi connectivity index (χ1n) is 5.90. The van der Waals surface area contributed by atoms with E-state index in [1.807, 2.05) is 0 Å². The molecule has 0 aromatic heterocycles. The number of carboxylic acids is 1. The van der Waals surface area contributed by atoms with Gasteiger partial charge in [-0.2, -0.15) is 5.48 Å². The Balaban J connectivity index is 2.23. The van der Waals surface area contributed by atoms with Gasteiger partial charge in [0.15, 0.2) is 0 Å². The van der Waals surface area contributed by atoms with Gasteiger partial charge >= 0.3 is 5.97 Å². The van der Waals surface area contributed by atoms with E-state index in [4.69, 9.17) is 14.7 Å². The van der Waals surface area contributed by atoms with Gasteiger partial charge in [0.1, 0.15) is 12.4 Å². The smallest absolute Gasteiger partial charge is 0.335 e. The van der Waals surface area contributed by atoms with E-state index in [0.717, 1.165) is 0 Å². The molecule has 0 radical (unpaired) electrons. The van der Waals surface area contributed by atoms with Crippen LogP contribution in [0.15, 0.2) is 24.3 Å². The Morgan fingerprint density at radius 2 is 2.22 bits per heavy atom. The normalized spacial score (nSPS) is 10.6. The molecule has 5 nitrogen and oxygen atoms in total. The molecule has 0 amide bonds. The highest BCUT2D eigenvalue weighted by Crippen LogP contribution is 2.12. The highest BCUT2D eigenvalue weighted by Gasteiger charge is 2.03. The van der Waals surface area contributed by atoms with E-state index < -0.39 is 5.97 Å². The Hall–Kier alpha value is -1.59. The summed E-state index contributed by atoms with van der Waals surface area (Å²) in [5.74, 6) is 0.0602. The zero-order valence-corrected chi connectivity index (χ0v) is 10.7. The molecule has 1 rings (SSSR count). The lowest BCUT2D eigenvalue weighted by Gasteiger charge is -2.09. The number of hydrogen-bond donors (Lipinski definition) is 2. The topological polar surface area (TPSA) is 67.8 Å². The van der Waals surface area contributed by atoms with Crippen LogP contribution in [0.1, 0.15) is 24.2 Å². The standard InChI is InChI=1S/C13H19NO4/c1-10(2)9-18-14-6-7-17-12-5-3-4-11(8-12)13(15)16/h3-5,8,10,14H,6-7,9H2,1-2H3,(H,15,16). The Morgan fingerprint density at radius 1 is 1.44 bits per heavy atom. The van der Waals surface area contributed by atoms with E-state index in [1.54, 1.807) is 12.1 Å². The molecule has 0 saturated carbocycles. The van der Waals surface area contributed by atoms with Gasteiger partial charge < -0.3 is 14.7 Å². The van der Waals surface area contributed by atoms with E-state index in [0.29, 0.717) is 31.4 Å². The van der Waals surface area contributed by atoms with Gasteiger partial charge in [-0.1, -0.05) is 19.9 Å². The average Bonchev–Trinajstić information content (AvgIpc) is 2.33. The molecule has 0 unspecified atom stereocenters. The maximum Gasteiger partial charge on any atom is 0.335 e. The van der Waals surface area contributed by atoms with Crippen molar-refractivity contribution >= 4 is 5.97 Å². The van der Waals surface area contributed by atoms with Crippen LogP contribution in [0.2, 0.25) is 0 Å². The number of hydroxylamine groups is 1. The van der Waals surface area contributed by atoms with E-state index in [2.05, 4.69) is 19.3 Å². The molecule has 1 aromatic rings. The lowest BCUT2D eigenvalue weighted by atomic mass is 10.2. The maximum absolute atomic E-state index is 10.7. The third kappa shape index (κ3) is 5.65. The monoisotopic (exact) mass is 253 g/mol. The lowest BCUT2D eigenvalue weighted by Crippen LogP contribution is -2.23. The molecule has 0 spiro atoms. The van der Waals surface area contributed by atoms with Crippen molar-refractivity contribution < 1.29 is 19.5 Å². The number of nitrogens with one attached hydrogen (secondary N) is 1. The second kappa shape index (κ2) is 7.68. The zero-order chi connectivity index (χ0) is 13.4. The van der Waals surface area contributed by atoms with Crippen molar-refractivity contribution in [1.29, 1.82) is 0 Å². The summed E-state index contributed by atoms with van der Waals surface area (Å²) in [7, 11) is 0. The molecule has 0 aliphatic rings. The fourth-order valence-corrected chi connectivity index (χ4v) is 1.23. The van der Waals surface area contributed by atoms with Crippen LogP contribution < -0.4 is 10.2 Å². The molecule has 100 valence electrons. The van der Waals surface area contributed by atoms with E-state index in [9.17, 15) is 4.79 Å². The van der Waals surface area contributed by atoms with Crippen molar-refractivity contribution in [2.24, 2.45) is 5.92 Å². The first-order valence-corrected chi connectivity index (χ1v) is 5.90. The van der Waals surface area contributed by atoms with Gasteiger partial charge in [-0.05, 0) is 24.1 Å². The molecule has 0 saturated heterocycles. The second-order valence-electron chi connectivity index (χ2n) is 4.28. The molecule has 0 aliphatic heterocycles. The van der Waals surface area contributed by atoms with Crippen molar-refractivity contribution in [2.75, 3.05) is 19.8 Å². The lowest BCUT2D eigenvalue weighted by molar-refractivity contribution is 0.0180. The van der Waals surface area contributed by atoms with E-state index >= 15 is 0 Å². The zero-order valence-electron chi connectivity index (χ0n) is 10.7. The van der Waals surface area contributed by atoms with Crippen LogP contribution in [-0.4, -0.2) is 30.8 Å². The van der Waals surface area contributed by atoms with Crippen molar-refractivity contribution in [2.45, 2.75) is 13.8 Å². The molecule has 0 fully saturated rings. The fourth-order valence-electron chi connectivity index (χ4n) is 1.23. The van der Waals surface area contributed by atoms with Crippen LogP contribution in [0, 0.1) is 5.92 Å². The number of rotatable bonds is 8. The van der Waals surface area contributed by atoms with Crippen molar-refractivity contribution in [3.63, 3.8) is 0 Å². The summed E-state index contributed by atoms with van der Waals surface area (Å²) in [5.41, 5.74) is 3.00. The Morgan fingerprint density at radius 3 is 2.89 bits per heavy atom. The summed E-state index contributed by atoms with van der Waals surface area (Å²) < 4.78 is 5.40. The maximum atomic E-state index is 10.7. The van der Waals surface area contributed by atoms with E-state index in [-0.39, 0.29) is 5.56 Å². The molecule has 0 atom stereocenters. The van der Waals surface area contributed by atoms with Crippen LogP contribution in [0.3, 0.4) is 0 Å². The third-order valence-electron chi connectivity index (χ3n) is 2.07. The Labute approximate surface area is 107 Å². The first-order chi connectivity index (χ1) is 8.59. The summed E-state index contributed by atoms with van der Waals surface area (Å²) >= 11 is 0. The Bertz CT molecular complexity index is 379. The molecular formula is C13H19NO4. The summed E-state index contributed by atoms with van der Waals surface area (Å²) in [6.07, 6.45) is 0. The Kier molecular flexibility index (Phi) is 6.18. The van der Waals surface area contributed by atoms with Gasteiger partial charge in [-0.3, -0.25) is 0 Å². The minimum Gasteiger partial charge on any atom is -0.492 e. The van der Waals surface area contributed by atoms with Crippen LogP contribution in [0.25, 0.3) is 0 Å². The third-order valence-corrected chi connectivity index (χ3v) is 2.07. The second-order valence-corrected chi connectivity index (χ2v) is 4.28. The van der Waals surface area contributed by atoms with Gasteiger partial charge in [-0.15, -0.1) is 0 Å². The van der Waals surface area contributed by atoms with Crippen LogP contribution >= 0.6 is 0 Å². The van der Waals surface area contributed by atoms with Crippen molar-refractivity contribution in [3.05, 3.63) is 29.8 Å². The van der Waals surface area contributed by atoms with Gasteiger partial charge in [0.05, 0.1) is 18.7 Å². The molecule has 5 heteroatoms. The van der Waals surface area contributed by atoms with Crippen LogP contribution in [0.5, 0.6) is 5.75 Å². The number of carbonyl (C=O) groups is 1. The van der Waals surface area contributed by atoms with Crippen molar-refractivity contribution in [1.82, 2.24) is 5.48 Å². The number of carboxylic acid groups (broad SMARTS) is 1. The van der Waals surface area contributed by atoms with Crippen LogP contribution in [-0.2, 0) is 4.84 Å². The quantitative estimate of drug-likeness (QED) is 0.547. The number of aromatic carboxylic acids is 1. The molecular weight excluding hydrogens is 234 g/mol.